The van der Waals surface area contributed by atoms with Crippen molar-refractivity contribution in [3.8, 4) is 5.69 Å². The summed E-state index contributed by atoms with van der Waals surface area (Å²) >= 11 is 11.6. The molecule has 0 aliphatic rings. The third-order valence-corrected chi connectivity index (χ3v) is 2.91. The molecule has 1 aromatic carbocycles. The highest BCUT2D eigenvalue weighted by atomic mass is 35.5. The van der Waals surface area contributed by atoms with Gasteiger partial charge in [-0.1, -0.05) is 11.6 Å². The van der Waals surface area contributed by atoms with Crippen LogP contribution >= 0.6 is 23.2 Å². The van der Waals surface area contributed by atoms with Crippen LogP contribution in [0.15, 0.2) is 30.7 Å². The number of nitrogens with zero attached hydrogens (tertiary/aromatic N) is 2. The molecule has 15 heavy (non-hydrogen) atoms. The monoisotopic (exact) mass is 240 g/mol. The van der Waals surface area contributed by atoms with Crippen LogP contribution in [0, 0.1) is 6.92 Å². The van der Waals surface area contributed by atoms with Crippen LogP contribution in [-0.4, -0.2) is 9.55 Å². The van der Waals surface area contributed by atoms with E-state index in [2.05, 4.69) is 4.98 Å². The van der Waals surface area contributed by atoms with Gasteiger partial charge in [-0.2, -0.15) is 0 Å². The molecule has 2 rings (SSSR count). The molecule has 1 aromatic heterocycles. The Morgan fingerprint density at radius 2 is 2.20 bits per heavy atom. The topological polar surface area (TPSA) is 17.8 Å². The molecular weight excluding hydrogens is 231 g/mol. The molecule has 0 unspecified atom stereocenters. The van der Waals surface area contributed by atoms with E-state index in [1.807, 2.05) is 35.9 Å². The Hall–Kier alpha value is -0.990. The van der Waals surface area contributed by atoms with Gasteiger partial charge in [0.2, 0.25) is 0 Å². The van der Waals surface area contributed by atoms with Crippen LogP contribution in [0.1, 0.15) is 11.3 Å². The average molecular weight is 241 g/mol. The summed E-state index contributed by atoms with van der Waals surface area (Å²) in [7, 11) is 0. The van der Waals surface area contributed by atoms with Crippen molar-refractivity contribution < 1.29 is 0 Å². The molecular formula is C11H10Cl2N2. The second-order valence-corrected chi connectivity index (χ2v) is 4.01. The lowest BCUT2D eigenvalue weighted by Gasteiger charge is -2.04. The first-order valence-electron chi connectivity index (χ1n) is 4.56. The highest BCUT2D eigenvalue weighted by Gasteiger charge is 2.01. The Balaban J connectivity index is 2.40. The number of hydrogen-bond donors (Lipinski definition) is 0. The normalized spacial score (nSPS) is 10.6. The van der Waals surface area contributed by atoms with Gasteiger partial charge < -0.3 is 4.57 Å². The quantitative estimate of drug-likeness (QED) is 0.735. The summed E-state index contributed by atoms with van der Waals surface area (Å²) in [6.07, 6.45) is 3.66. The van der Waals surface area contributed by atoms with Gasteiger partial charge in [0.15, 0.2) is 0 Å². The van der Waals surface area contributed by atoms with Gasteiger partial charge in [0, 0.05) is 16.9 Å². The van der Waals surface area contributed by atoms with Crippen molar-refractivity contribution in [3.05, 3.63) is 47.0 Å². The highest BCUT2D eigenvalue weighted by molar-refractivity contribution is 6.31. The van der Waals surface area contributed by atoms with Gasteiger partial charge in [-0.3, -0.25) is 0 Å². The zero-order chi connectivity index (χ0) is 10.8. The van der Waals surface area contributed by atoms with E-state index in [4.69, 9.17) is 23.2 Å². The Bertz CT molecular complexity index is 477. The van der Waals surface area contributed by atoms with Crippen molar-refractivity contribution >= 4 is 23.2 Å². The first kappa shape index (κ1) is 10.5. The van der Waals surface area contributed by atoms with Crippen LogP contribution in [-0.2, 0) is 5.88 Å². The molecule has 0 aliphatic carbocycles. The van der Waals surface area contributed by atoms with Crippen molar-refractivity contribution in [2.75, 3.05) is 0 Å². The van der Waals surface area contributed by atoms with Crippen LogP contribution in [0.5, 0.6) is 0 Å². The molecule has 0 fully saturated rings. The number of halogens is 2. The van der Waals surface area contributed by atoms with Crippen LogP contribution in [0.2, 0.25) is 5.02 Å². The standard InChI is InChI=1S/C11H10Cl2N2/c1-8-4-10(2-3-11(8)13)15-6-9(5-12)14-7-15/h2-4,6-7H,5H2,1H3. The lowest BCUT2D eigenvalue weighted by atomic mass is 10.2. The summed E-state index contributed by atoms with van der Waals surface area (Å²) in [4.78, 5) is 4.16. The molecule has 2 aromatic rings. The third kappa shape index (κ3) is 2.16. The van der Waals surface area contributed by atoms with E-state index in [1.54, 1.807) is 6.33 Å². The lowest BCUT2D eigenvalue weighted by molar-refractivity contribution is 1.05. The van der Waals surface area contributed by atoms with E-state index < -0.39 is 0 Å². The molecule has 1 heterocycles. The predicted octanol–water partition coefficient (Wildman–Crippen LogP) is 3.57. The number of aryl methyl sites for hydroxylation is 1. The van der Waals surface area contributed by atoms with E-state index in [0.717, 1.165) is 22.0 Å². The summed E-state index contributed by atoms with van der Waals surface area (Å²) in [5.41, 5.74) is 2.96. The predicted molar refractivity (Wildman–Crippen MR) is 62.9 cm³/mol. The molecule has 0 N–H and O–H groups in total. The van der Waals surface area contributed by atoms with Gasteiger partial charge in [0.1, 0.15) is 0 Å². The number of imidazole rings is 1. The molecule has 78 valence electrons. The van der Waals surface area contributed by atoms with Crippen LogP contribution in [0.3, 0.4) is 0 Å². The third-order valence-electron chi connectivity index (χ3n) is 2.21. The summed E-state index contributed by atoms with van der Waals surface area (Å²) in [5, 5.41) is 0.774. The highest BCUT2D eigenvalue weighted by Crippen LogP contribution is 2.19. The zero-order valence-electron chi connectivity index (χ0n) is 8.24. The van der Waals surface area contributed by atoms with E-state index in [0.29, 0.717) is 5.88 Å². The number of rotatable bonds is 2. The minimum Gasteiger partial charge on any atom is -0.306 e. The molecule has 0 spiro atoms. The maximum atomic E-state index is 5.95. The van der Waals surface area contributed by atoms with Gasteiger partial charge >= 0.3 is 0 Å². The fourth-order valence-corrected chi connectivity index (χ4v) is 1.62. The van der Waals surface area contributed by atoms with Gasteiger partial charge in [0.25, 0.3) is 0 Å². The first-order chi connectivity index (χ1) is 7.20. The first-order valence-corrected chi connectivity index (χ1v) is 5.47. The zero-order valence-corrected chi connectivity index (χ0v) is 9.76. The molecule has 0 saturated heterocycles. The van der Waals surface area contributed by atoms with Gasteiger partial charge in [-0.05, 0) is 30.7 Å². The second-order valence-electron chi connectivity index (χ2n) is 3.34. The molecule has 4 heteroatoms. The van der Waals surface area contributed by atoms with Crippen LogP contribution < -0.4 is 0 Å². The van der Waals surface area contributed by atoms with Crippen molar-refractivity contribution in [1.29, 1.82) is 0 Å². The second kappa shape index (κ2) is 4.25. The van der Waals surface area contributed by atoms with Crippen LogP contribution in [0.4, 0.5) is 0 Å². The molecule has 2 nitrogen and oxygen atoms in total. The van der Waals surface area contributed by atoms with Crippen molar-refractivity contribution in [2.45, 2.75) is 12.8 Å². The average Bonchev–Trinajstić information content (AvgIpc) is 2.70. The maximum absolute atomic E-state index is 5.95. The van der Waals surface area contributed by atoms with E-state index in [1.165, 1.54) is 0 Å². The van der Waals surface area contributed by atoms with Gasteiger partial charge in [0.05, 0.1) is 17.9 Å². The molecule has 0 atom stereocenters. The summed E-state index contributed by atoms with van der Waals surface area (Å²) < 4.78 is 1.93. The summed E-state index contributed by atoms with van der Waals surface area (Å²) in [6, 6.07) is 5.85. The van der Waals surface area contributed by atoms with Crippen molar-refractivity contribution in [3.63, 3.8) is 0 Å². The summed E-state index contributed by atoms with van der Waals surface area (Å²) in [5.74, 6) is 0.430. The molecule has 0 radical (unpaired) electrons. The smallest absolute Gasteiger partial charge is 0.0995 e. The molecule has 0 aliphatic heterocycles. The molecule has 0 bridgehead atoms. The number of hydrogen-bond acceptors (Lipinski definition) is 1. The van der Waals surface area contributed by atoms with Crippen LogP contribution in [0.25, 0.3) is 5.69 Å². The molecule has 0 amide bonds. The van der Waals surface area contributed by atoms with Crippen molar-refractivity contribution in [2.24, 2.45) is 0 Å². The fourth-order valence-electron chi connectivity index (χ4n) is 1.36. The number of alkyl halides is 1. The molecule has 0 saturated carbocycles. The lowest BCUT2D eigenvalue weighted by Crippen LogP contribution is -1.90. The number of aromatic nitrogens is 2. The Morgan fingerprint density at radius 1 is 1.40 bits per heavy atom. The SMILES string of the molecule is Cc1cc(-n2cnc(CCl)c2)ccc1Cl. The minimum atomic E-state index is 0.430. The van der Waals surface area contributed by atoms with Crippen molar-refractivity contribution in [1.82, 2.24) is 9.55 Å². The van der Waals surface area contributed by atoms with E-state index in [-0.39, 0.29) is 0 Å². The minimum absolute atomic E-state index is 0.430. The Morgan fingerprint density at radius 3 is 2.80 bits per heavy atom. The Labute approximate surface area is 98.5 Å². The maximum Gasteiger partial charge on any atom is 0.0995 e. The fraction of sp³-hybridized carbons (Fsp3) is 0.182. The van der Waals surface area contributed by atoms with Gasteiger partial charge in [-0.15, -0.1) is 11.6 Å². The summed E-state index contributed by atoms with van der Waals surface area (Å²) in [6.45, 7) is 1.98. The van der Waals surface area contributed by atoms with E-state index in [9.17, 15) is 0 Å². The van der Waals surface area contributed by atoms with Gasteiger partial charge in [-0.25, -0.2) is 4.98 Å². The van der Waals surface area contributed by atoms with E-state index >= 15 is 0 Å². The number of benzene rings is 1. The largest absolute Gasteiger partial charge is 0.306 e. The Kier molecular flexibility index (Phi) is 2.98.